The van der Waals surface area contributed by atoms with E-state index in [-0.39, 0.29) is 18.5 Å². The lowest BCUT2D eigenvalue weighted by molar-refractivity contribution is -0.122. The summed E-state index contributed by atoms with van der Waals surface area (Å²) < 4.78 is 7.58. The van der Waals surface area contributed by atoms with Crippen LogP contribution in [0.25, 0.3) is 11.4 Å². The highest BCUT2D eigenvalue weighted by Crippen LogP contribution is 2.25. The van der Waals surface area contributed by atoms with E-state index < -0.39 is 0 Å². The molecule has 0 bridgehead atoms. The number of carbonyl (C=O) groups is 1. The van der Waals surface area contributed by atoms with Crippen molar-refractivity contribution >= 4 is 41.1 Å². The first-order valence-electron chi connectivity index (χ1n) is 9.65. The summed E-state index contributed by atoms with van der Waals surface area (Å²) in [5.41, 5.74) is 0.837. The number of thiophene rings is 1. The number of carbonyl (C=O) groups excluding carboxylic acids is 1. The molecule has 4 rings (SSSR count). The van der Waals surface area contributed by atoms with Crippen molar-refractivity contribution in [3.05, 3.63) is 56.4 Å². The van der Waals surface area contributed by atoms with E-state index in [9.17, 15) is 4.79 Å². The maximum absolute atomic E-state index is 12.8. The van der Waals surface area contributed by atoms with Crippen molar-refractivity contribution in [3.63, 3.8) is 0 Å². The van der Waals surface area contributed by atoms with Gasteiger partial charge in [-0.1, -0.05) is 17.7 Å². The molecule has 1 amide bonds. The van der Waals surface area contributed by atoms with Crippen molar-refractivity contribution in [1.82, 2.24) is 25.0 Å². The molecule has 30 heavy (non-hydrogen) atoms. The Bertz CT molecular complexity index is 1030. The molecule has 1 aliphatic rings. The molecule has 3 aromatic rings. The molecule has 2 aromatic heterocycles. The smallest absolute Gasteiger partial charge is 0.240 e. The van der Waals surface area contributed by atoms with Crippen molar-refractivity contribution in [2.24, 2.45) is 0 Å². The second kappa shape index (κ2) is 9.84. The number of nitrogens with one attached hydrogen (secondary N) is 2. The van der Waals surface area contributed by atoms with Gasteiger partial charge in [0.2, 0.25) is 5.91 Å². The van der Waals surface area contributed by atoms with Crippen molar-refractivity contribution in [2.75, 3.05) is 32.8 Å². The number of nitrogens with zero attached hydrogens (tertiary/aromatic N) is 3. The fourth-order valence-electron chi connectivity index (χ4n) is 3.47. The second-order valence-electron chi connectivity index (χ2n) is 6.93. The normalized spacial score (nSPS) is 15.8. The molecule has 158 valence electrons. The molecule has 2 N–H and O–H groups in total. The van der Waals surface area contributed by atoms with Crippen LogP contribution in [0.5, 0.6) is 0 Å². The lowest BCUT2D eigenvalue weighted by Crippen LogP contribution is -2.44. The summed E-state index contributed by atoms with van der Waals surface area (Å²) in [5.74, 6) is 0.493. The maximum atomic E-state index is 12.8. The Hall–Kier alpha value is -2.04. The number of hydrogen-bond donors (Lipinski definition) is 2. The van der Waals surface area contributed by atoms with Crippen LogP contribution >= 0.6 is 35.2 Å². The van der Waals surface area contributed by atoms with Crippen LogP contribution in [0, 0.1) is 4.77 Å². The van der Waals surface area contributed by atoms with E-state index >= 15 is 0 Å². The summed E-state index contributed by atoms with van der Waals surface area (Å²) in [6.45, 7) is 3.75. The molecule has 1 atom stereocenters. The molecular formula is C20H22ClN5O2S2. The van der Waals surface area contributed by atoms with Gasteiger partial charge in [-0.25, -0.2) is 0 Å². The molecule has 0 spiro atoms. The topological polar surface area (TPSA) is 75.2 Å². The zero-order valence-corrected chi connectivity index (χ0v) is 18.6. The SMILES string of the molecule is O=C(Cn1c(-c2ccc(Cl)cc2)n[nH]c1=S)NC[C@@H](c1cccs1)N1CCOCC1. The minimum absolute atomic E-state index is 0.0908. The van der Waals surface area contributed by atoms with Crippen LogP contribution in [-0.2, 0) is 16.1 Å². The van der Waals surface area contributed by atoms with E-state index in [0.29, 0.717) is 35.4 Å². The highest BCUT2D eigenvalue weighted by Gasteiger charge is 2.24. The highest BCUT2D eigenvalue weighted by molar-refractivity contribution is 7.71. The Morgan fingerprint density at radius 3 is 2.77 bits per heavy atom. The fraction of sp³-hybridized carbons (Fsp3) is 0.350. The van der Waals surface area contributed by atoms with E-state index in [4.69, 9.17) is 28.6 Å². The first-order chi connectivity index (χ1) is 14.6. The minimum atomic E-state index is -0.113. The molecule has 1 aromatic carbocycles. The number of aromatic nitrogens is 3. The number of H-pyrrole nitrogens is 1. The van der Waals surface area contributed by atoms with Gasteiger partial charge in [0.05, 0.1) is 19.3 Å². The predicted octanol–water partition coefficient (Wildman–Crippen LogP) is 3.51. The summed E-state index contributed by atoms with van der Waals surface area (Å²) >= 11 is 13.0. The van der Waals surface area contributed by atoms with Gasteiger partial charge in [0, 0.05) is 35.1 Å². The average molecular weight is 464 g/mol. The molecule has 1 fully saturated rings. The van der Waals surface area contributed by atoms with E-state index in [1.54, 1.807) is 28.0 Å². The highest BCUT2D eigenvalue weighted by atomic mass is 35.5. The third-order valence-electron chi connectivity index (χ3n) is 5.01. The Labute approximate surface area is 188 Å². The molecule has 10 heteroatoms. The number of halogens is 1. The predicted molar refractivity (Wildman–Crippen MR) is 120 cm³/mol. The molecule has 0 radical (unpaired) electrons. The van der Waals surface area contributed by atoms with Crippen molar-refractivity contribution < 1.29 is 9.53 Å². The molecule has 1 saturated heterocycles. The van der Waals surface area contributed by atoms with Gasteiger partial charge in [0.1, 0.15) is 6.54 Å². The summed E-state index contributed by atoms with van der Waals surface area (Å²) in [6.07, 6.45) is 0. The number of morpholine rings is 1. The number of hydrogen-bond acceptors (Lipinski definition) is 6. The second-order valence-corrected chi connectivity index (χ2v) is 8.73. The van der Waals surface area contributed by atoms with Crippen LogP contribution in [0.4, 0.5) is 0 Å². The standard InChI is InChI=1S/C20H22ClN5O2S2/c21-15-5-3-14(4-6-15)19-23-24-20(29)26(19)13-18(27)22-12-16(17-2-1-11-30-17)25-7-9-28-10-8-25/h1-6,11,16H,7-10,12-13H2,(H,22,27)(H,24,29)/t16-/m0/s1. The summed E-state index contributed by atoms with van der Waals surface area (Å²) in [6, 6.07) is 11.6. The summed E-state index contributed by atoms with van der Waals surface area (Å²) in [5, 5.41) is 12.8. The van der Waals surface area contributed by atoms with E-state index in [1.165, 1.54) is 4.88 Å². The zero-order chi connectivity index (χ0) is 20.9. The monoisotopic (exact) mass is 463 g/mol. The first-order valence-corrected chi connectivity index (χ1v) is 11.3. The Morgan fingerprint density at radius 2 is 2.07 bits per heavy atom. The maximum Gasteiger partial charge on any atom is 0.240 e. The van der Waals surface area contributed by atoms with Gasteiger partial charge in [-0.2, -0.15) is 5.10 Å². The first kappa shape index (κ1) is 21.2. The fourth-order valence-corrected chi connectivity index (χ4v) is 4.66. The molecule has 0 saturated carbocycles. The van der Waals surface area contributed by atoms with Gasteiger partial charge in [-0.05, 0) is 47.9 Å². The lowest BCUT2D eigenvalue weighted by Gasteiger charge is -2.34. The van der Waals surface area contributed by atoms with Gasteiger partial charge in [-0.15, -0.1) is 11.3 Å². The molecule has 0 aliphatic carbocycles. The molecule has 0 unspecified atom stereocenters. The van der Waals surface area contributed by atoms with Crippen LogP contribution in [0.15, 0.2) is 41.8 Å². The largest absolute Gasteiger partial charge is 0.379 e. The van der Waals surface area contributed by atoms with Crippen LogP contribution < -0.4 is 5.32 Å². The van der Waals surface area contributed by atoms with Crippen LogP contribution in [-0.4, -0.2) is 58.4 Å². The van der Waals surface area contributed by atoms with Crippen molar-refractivity contribution in [1.29, 1.82) is 0 Å². The summed E-state index contributed by atoms with van der Waals surface area (Å²) in [7, 11) is 0. The molecular weight excluding hydrogens is 442 g/mol. The number of rotatable bonds is 7. The van der Waals surface area contributed by atoms with E-state index in [1.807, 2.05) is 18.2 Å². The summed E-state index contributed by atoms with van der Waals surface area (Å²) in [4.78, 5) is 16.4. The van der Waals surface area contributed by atoms with E-state index in [0.717, 1.165) is 18.7 Å². The van der Waals surface area contributed by atoms with Crippen molar-refractivity contribution in [3.8, 4) is 11.4 Å². The van der Waals surface area contributed by atoms with Crippen LogP contribution in [0.3, 0.4) is 0 Å². The third-order valence-corrected chi connectivity index (χ3v) is 6.55. The van der Waals surface area contributed by atoms with Gasteiger partial charge in [0.15, 0.2) is 10.6 Å². The van der Waals surface area contributed by atoms with Gasteiger partial charge < -0.3 is 10.1 Å². The number of benzene rings is 1. The third kappa shape index (κ3) is 4.98. The molecule has 3 heterocycles. The number of aromatic amines is 1. The van der Waals surface area contributed by atoms with Gasteiger partial charge in [-0.3, -0.25) is 19.4 Å². The Kier molecular flexibility index (Phi) is 6.96. The number of amides is 1. The van der Waals surface area contributed by atoms with E-state index in [2.05, 4.69) is 31.9 Å². The number of ether oxygens (including phenoxy) is 1. The van der Waals surface area contributed by atoms with Crippen LogP contribution in [0.2, 0.25) is 5.02 Å². The average Bonchev–Trinajstić information content (AvgIpc) is 3.41. The van der Waals surface area contributed by atoms with Gasteiger partial charge >= 0.3 is 0 Å². The van der Waals surface area contributed by atoms with Crippen molar-refractivity contribution in [2.45, 2.75) is 12.6 Å². The Balaban J connectivity index is 1.45. The molecule has 1 aliphatic heterocycles. The molecule has 7 nitrogen and oxygen atoms in total. The van der Waals surface area contributed by atoms with Crippen LogP contribution in [0.1, 0.15) is 10.9 Å². The minimum Gasteiger partial charge on any atom is -0.379 e. The Morgan fingerprint density at radius 1 is 1.30 bits per heavy atom. The van der Waals surface area contributed by atoms with Gasteiger partial charge in [0.25, 0.3) is 0 Å². The lowest BCUT2D eigenvalue weighted by atomic mass is 10.2. The zero-order valence-electron chi connectivity index (χ0n) is 16.2. The quantitative estimate of drug-likeness (QED) is 0.524.